The molecule has 0 fully saturated rings. The smallest absolute Gasteiger partial charge is 0.337 e. The molecule has 0 aliphatic rings. The minimum absolute atomic E-state index is 0.587. The highest BCUT2D eigenvalue weighted by Gasteiger charge is 2.18. The number of hydrogen-bond acceptors (Lipinski definition) is 4. The summed E-state index contributed by atoms with van der Waals surface area (Å²) in [4.78, 5) is 14.7. The Balaban J connectivity index is 2.26. The third-order valence-corrected chi connectivity index (χ3v) is 2.34. The van der Waals surface area contributed by atoms with Gasteiger partial charge >= 0.3 is 5.97 Å². The Morgan fingerprint density at radius 3 is 2.59 bits per heavy atom. The molecule has 1 aromatic heterocycles. The molecule has 0 aliphatic heterocycles. The fraction of sp³-hybridized carbons (Fsp3) is 0.182. The van der Waals surface area contributed by atoms with Crippen molar-refractivity contribution >= 4 is 5.97 Å². The predicted molar refractivity (Wildman–Crippen MR) is 58.7 cm³/mol. The summed E-state index contributed by atoms with van der Waals surface area (Å²) in [6.07, 6.45) is 2.06. The highest BCUT2D eigenvalue weighted by atomic mass is 16.5. The number of rotatable bonds is 4. The molecule has 0 saturated carbocycles. The average molecular weight is 233 g/mol. The molecule has 17 heavy (non-hydrogen) atoms. The molecule has 0 bridgehead atoms. The van der Waals surface area contributed by atoms with Gasteiger partial charge in [-0.15, -0.1) is 0 Å². The van der Waals surface area contributed by atoms with Gasteiger partial charge < -0.3 is 9.84 Å². The number of hydrogen-bond donors (Lipinski definition) is 1. The summed E-state index contributed by atoms with van der Waals surface area (Å²) < 4.78 is 6.48. The van der Waals surface area contributed by atoms with Crippen molar-refractivity contribution < 1.29 is 14.6 Å². The normalized spacial score (nSPS) is 12.3. The van der Waals surface area contributed by atoms with Crippen molar-refractivity contribution in [1.82, 2.24) is 14.8 Å². The fourth-order valence-electron chi connectivity index (χ4n) is 1.52. The molecule has 88 valence electrons. The molecule has 1 heterocycles. The van der Waals surface area contributed by atoms with Crippen LogP contribution in [0, 0.1) is 0 Å². The second-order valence-corrected chi connectivity index (χ2v) is 3.39. The Morgan fingerprint density at radius 1 is 1.41 bits per heavy atom. The minimum Gasteiger partial charge on any atom is -0.479 e. The van der Waals surface area contributed by atoms with Gasteiger partial charge in [0.2, 0.25) is 0 Å². The summed E-state index contributed by atoms with van der Waals surface area (Å²) in [6.45, 7) is 0. The zero-order chi connectivity index (χ0) is 12.3. The maximum atomic E-state index is 10.9. The van der Waals surface area contributed by atoms with Gasteiger partial charge in [0.25, 0.3) is 0 Å². The van der Waals surface area contributed by atoms with Crippen molar-refractivity contribution in [2.75, 3.05) is 7.11 Å². The van der Waals surface area contributed by atoms with Gasteiger partial charge in [-0.25, -0.2) is 14.5 Å². The van der Waals surface area contributed by atoms with E-state index in [0.717, 1.165) is 5.69 Å². The van der Waals surface area contributed by atoms with Gasteiger partial charge in [0.05, 0.1) is 5.69 Å². The highest BCUT2D eigenvalue weighted by molar-refractivity contribution is 5.74. The number of benzene rings is 1. The topological polar surface area (TPSA) is 77.2 Å². The van der Waals surface area contributed by atoms with E-state index in [9.17, 15) is 4.79 Å². The van der Waals surface area contributed by atoms with Crippen LogP contribution in [-0.4, -0.2) is 33.0 Å². The lowest BCUT2D eigenvalue weighted by Gasteiger charge is -2.11. The Hall–Kier alpha value is -2.21. The molecule has 0 saturated heterocycles. The van der Waals surface area contributed by atoms with Crippen molar-refractivity contribution in [3.63, 3.8) is 0 Å². The number of ether oxygens (including phenoxy) is 1. The zero-order valence-electron chi connectivity index (χ0n) is 9.15. The number of carbonyl (C=O) groups is 1. The molecule has 2 aromatic rings. The lowest BCUT2D eigenvalue weighted by atomic mass is 10.1. The molecule has 1 N–H and O–H groups in total. The molecule has 1 atom stereocenters. The first kappa shape index (κ1) is 11.3. The molecule has 6 nitrogen and oxygen atoms in total. The van der Waals surface area contributed by atoms with Crippen LogP contribution in [0.15, 0.2) is 36.9 Å². The second-order valence-electron chi connectivity index (χ2n) is 3.39. The van der Waals surface area contributed by atoms with E-state index in [1.807, 2.05) is 0 Å². The van der Waals surface area contributed by atoms with Crippen LogP contribution < -0.4 is 0 Å². The Labute approximate surface area is 97.5 Å². The third-order valence-electron chi connectivity index (χ3n) is 2.34. The van der Waals surface area contributed by atoms with E-state index >= 15 is 0 Å². The van der Waals surface area contributed by atoms with Crippen molar-refractivity contribution in [2.24, 2.45) is 0 Å². The van der Waals surface area contributed by atoms with Gasteiger partial charge in [-0.05, 0) is 17.7 Å². The molecule has 0 radical (unpaired) electrons. The number of aromatic nitrogens is 3. The van der Waals surface area contributed by atoms with Crippen LogP contribution >= 0.6 is 0 Å². The highest BCUT2D eigenvalue weighted by Crippen LogP contribution is 2.18. The van der Waals surface area contributed by atoms with Crippen LogP contribution in [-0.2, 0) is 9.53 Å². The Bertz CT molecular complexity index is 493. The molecule has 0 aliphatic carbocycles. The number of methoxy groups -OCH3 is 1. The molecule has 0 amide bonds. The summed E-state index contributed by atoms with van der Waals surface area (Å²) in [5, 5.41) is 12.9. The van der Waals surface area contributed by atoms with Gasteiger partial charge in [0, 0.05) is 7.11 Å². The number of carboxylic acid groups (broad SMARTS) is 1. The van der Waals surface area contributed by atoms with Crippen LogP contribution in [0.25, 0.3) is 5.69 Å². The van der Waals surface area contributed by atoms with E-state index in [4.69, 9.17) is 9.84 Å². The van der Waals surface area contributed by atoms with E-state index in [0.29, 0.717) is 5.56 Å². The predicted octanol–water partition coefficient (Wildman–Crippen LogP) is 1.04. The lowest BCUT2D eigenvalue weighted by Crippen LogP contribution is -2.13. The molecule has 2 rings (SSSR count). The van der Waals surface area contributed by atoms with Crippen LogP contribution in [0.5, 0.6) is 0 Å². The zero-order valence-corrected chi connectivity index (χ0v) is 9.15. The van der Waals surface area contributed by atoms with Crippen LogP contribution in [0.4, 0.5) is 0 Å². The molecule has 0 spiro atoms. The van der Waals surface area contributed by atoms with Crippen LogP contribution in [0.2, 0.25) is 0 Å². The average Bonchev–Trinajstić information content (AvgIpc) is 2.84. The van der Waals surface area contributed by atoms with Crippen molar-refractivity contribution in [3.05, 3.63) is 42.5 Å². The largest absolute Gasteiger partial charge is 0.479 e. The van der Waals surface area contributed by atoms with E-state index in [1.165, 1.54) is 13.4 Å². The summed E-state index contributed by atoms with van der Waals surface area (Å²) in [5.74, 6) is -1.01. The van der Waals surface area contributed by atoms with Crippen molar-refractivity contribution in [3.8, 4) is 5.69 Å². The van der Waals surface area contributed by atoms with Crippen molar-refractivity contribution in [2.45, 2.75) is 6.10 Å². The maximum absolute atomic E-state index is 10.9. The Morgan fingerprint density at radius 2 is 2.12 bits per heavy atom. The minimum atomic E-state index is -1.01. The summed E-state index contributed by atoms with van der Waals surface area (Å²) >= 11 is 0. The first-order chi connectivity index (χ1) is 8.22. The fourth-order valence-corrected chi connectivity index (χ4v) is 1.52. The second kappa shape index (κ2) is 4.75. The Kier molecular flexibility index (Phi) is 3.15. The van der Waals surface area contributed by atoms with Gasteiger partial charge in [-0.1, -0.05) is 12.1 Å². The van der Waals surface area contributed by atoms with Crippen LogP contribution in [0.1, 0.15) is 11.7 Å². The summed E-state index contributed by atoms with van der Waals surface area (Å²) in [5.41, 5.74) is 1.40. The summed E-state index contributed by atoms with van der Waals surface area (Å²) in [7, 11) is 1.37. The number of carboxylic acids is 1. The van der Waals surface area contributed by atoms with E-state index in [1.54, 1.807) is 35.3 Å². The SMILES string of the molecule is COC(C(=O)O)c1ccc(-n2cncn2)cc1. The third kappa shape index (κ3) is 2.31. The first-order valence-electron chi connectivity index (χ1n) is 4.93. The first-order valence-corrected chi connectivity index (χ1v) is 4.93. The number of nitrogens with zero attached hydrogens (tertiary/aromatic N) is 3. The van der Waals surface area contributed by atoms with Crippen molar-refractivity contribution in [1.29, 1.82) is 0 Å². The van der Waals surface area contributed by atoms with E-state index in [2.05, 4.69) is 10.1 Å². The van der Waals surface area contributed by atoms with Crippen LogP contribution in [0.3, 0.4) is 0 Å². The van der Waals surface area contributed by atoms with Gasteiger partial charge in [0.15, 0.2) is 6.10 Å². The molecule has 1 aromatic carbocycles. The van der Waals surface area contributed by atoms with Gasteiger partial charge in [0.1, 0.15) is 12.7 Å². The molecule has 6 heteroatoms. The summed E-state index contributed by atoms with van der Waals surface area (Å²) in [6, 6.07) is 6.91. The molecular weight excluding hydrogens is 222 g/mol. The molecular formula is C11H11N3O3. The van der Waals surface area contributed by atoms with Gasteiger partial charge in [-0.3, -0.25) is 0 Å². The lowest BCUT2D eigenvalue weighted by molar-refractivity contribution is -0.148. The quantitative estimate of drug-likeness (QED) is 0.853. The standard InChI is InChI=1S/C11H11N3O3/c1-17-10(11(15)16)8-2-4-9(5-3-8)14-7-12-6-13-14/h2-7,10H,1H3,(H,15,16). The molecule has 1 unspecified atom stereocenters. The number of aliphatic carboxylic acids is 1. The van der Waals surface area contributed by atoms with E-state index < -0.39 is 12.1 Å². The van der Waals surface area contributed by atoms with E-state index in [-0.39, 0.29) is 0 Å². The maximum Gasteiger partial charge on any atom is 0.337 e. The van der Waals surface area contributed by atoms with Gasteiger partial charge in [-0.2, -0.15) is 5.10 Å². The monoisotopic (exact) mass is 233 g/mol.